The normalized spacial score (nSPS) is 9.90. The number of nitrogens with zero attached hydrogens (tertiary/aromatic N) is 3. The van der Waals surface area contributed by atoms with Crippen LogP contribution in [0.5, 0.6) is 0 Å². The summed E-state index contributed by atoms with van der Waals surface area (Å²) in [5, 5.41) is 9.43. The number of anilines is 1. The molecule has 4 nitrogen and oxygen atoms in total. The Labute approximate surface area is 122 Å². The molecule has 0 spiro atoms. The summed E-state index contributed by atoms with van der Waals surface area (Å²) < 4.78 is 0. The van der Waals surface area contributed by atoms with Crippen molar-refractivity contribution in [2.45, 2.75) is 6.92 Å². The lowest BCUT2D eigenvalue weighted by Crippen LogP contribution is -2.27. The maximum absolute atomic E-state index is 12.5. The second-order valence-electron chi connectivity index (χ2n) is 4.29. The molecule has 1 amide bonds. The summed E-state index contributed by atoms with van der Waals surface area (Å²) in [6, 6.07) is 10.4. The molecular formula is C15H12ClN3O. The number of nitriles is 1. The zero-order chi connectivity index (χ0) is 14.7. The summed E-state index contributed by atoms with van der Waals surface area (Å²) in [5.74, 6) is 0.209. The Morgan fingerprint density at radius 2 is 2.15 bits per heavy atom. The summed E-state index contributed by atoms with van der Waals surface area (Å²) >= 11 is 6.03. The van der Waals surface area contributed by atoms with Crippen molar-refractivity contribution in [3.63, 3.8) is 0 Å². The second kappa shape index (κ2) is 5.72. The third kappa shape index (κ3) is 2.63. The molecule has 0 bridgehead atoms. The van der Waals surface area contributed by atoms with Crippen LogP contribution >= 0.6 is 11.6 Å². The Bertz CT molecular complexity index is 707. The van der Waals surface area contributed by atoms with Gasteiger partial charge in [0.25, 0.3) is 5.91 Å². The van der Waals surface area contributed by atoms with Gasteiger partial charge in [0.05, 0.1) is 11.6 Å². The molecule has 0 saturated carbocycles. The molecule has 0 aliphatic rings. The number of hydrogen-bond donors (Lipinski definition) is 0. The van der Waals surface area contributed by atoms with Crippen LogP contribution in [0.3, 0.4) is 0 Å². The molecular weight excluding hydrogens is 274 g/mol. The van der Waals surface area contributed by atoms with Gasteiger partial charge < -0.3 is 0 Å². The van der Waals surface area contributed by atoms with E-state index in [0.29, 0.717) is 22.0 Å². The molecule has 0 atom stereocenters. The summed E-state index contributed by atoms with van der Waals surface area (Å²) in [4.78, 5) is 18.0. The minimum absolute atomic E-state index is 0.215. The molecule has 0 N–H and O–H groups in total. The first kappa shape index (κ1) is 14.0. The maximum Gasteiger partial charge on any atom is 0.259 e. The zero-order valence-electron chi connectivity index (χ0n) is 11.1. The van der Waals surface area contributed by atoms with Crippen LogP contribution in [0, 0.1) is 18.3 Å². The molecule has 2 aromatic rings. The van der Waals surface area contributed by atoms with Gasteiger partial charge >= 0.3 is 0 Å². The van der Waals surface area contributed by atoms with E-state index in [0.717, 1.165) is 5.56 Å². The van der Waals surface area contributed by atoms with Crippen LogP contribution in [-0.4, -0.2) is 17.9 Å². The van der Waals surface area contributed by atoms with Crippen molar-refractivity contribution in [3.8, 4) is 6.07 Å². The van der Waals surface area contributed by atoms with E-state index in [1.54, 1.807) is 44.3 Å². The zero-order valence-corrected chi connectivity index (χ0v) is 11.8. The third-order valence-electron chi connectivity index (χ3n) is 3.02. The van der Waals surface area contributed by atoms with Crippen LogP contribution < -0.4 is 4.90 Å². The van der Waals surface area contributed by atoms with E-state index >= 15 is 0 Å². The Morgan fingerprint density at radius 3 is 2.85 bits per heavy atom. The Kier molecular flexibility index (Phi) is 4.02. The van der Waals surface area contributed by atoms with Crippen molar-refractivity contribution in [2.24, 2.45) is 0 Å². The highest BCUT2D eigenvalue weighted by Gasteiger charge is 2.17. The largest absolute Gasteiger partial charge is 0.296 e. The van der Waals surface area contributed by atoms with Crippen LogP contribution in [0.1, 0.15) is 21.5 Å². The molecule has 1 aromatic carbocycles. The number of carbonyl (C=O) groups is 1. The molecule has 0 aliphatic carbocycles. The fraction of sp³-hybridized carbons (Fsp3) is 0.133. The molecule has 5 heteroatoms. The van der Waals surface area contributed by atoms with E-state index in [-0.39, 0.29) is 5.91 Å². The van der Waals surface area contributed by atoms with E-state index in [2.05, 4.69) is 4.98 Å². The lowest BCUT2D eigenvalue weighted by Gasteiger charge is -2.17. The van der Waals surface area contributed by atoms with Crippen LogP contribution in [0.2, 0.25) is 5.02 Å². The highest BCUT2D eigenvalue weighted by atomic mass is 35.5. The van der Waals surface area contributed by atoms with Gasteiger partial charge in [-0.25, -0.2) is 4.98 Å². The summed E-state index contributed by atoms with van der Waals surface area (Å²) in [6.45, 7) is 1.79. The van der Waals surface area contributed by atoms with E-state index in [1.807, 2.05) is 6.07 Å². The van der Waals surface area contributed by atoms with Crippen molar-refractivity contribution < 1.29 is 4.79 Å². The number of halogens is 1. The summed E-state index contributed by atoms with van der Waals surface area (Å²) in [7, 11) is 1.62. The van der Waals surface area contributed by atoms with Crippen molar-refractivity contribution in [2.75, 3.05) is 11.9 Å². The predicted molar refractivity (Wildman–Crippen MR) is 77.9 cm³/mol. The van der Waals surface area contributed by atoms with Gasteiger partial charge in [-0.05, 0) is 36.8 Å². The van der Waals surface area contributed by atoms with Gasteiger partial charge in [-0.3, -0.25) is 9.69 Å². The van der Waals surface area contributed by atoms with E-state index in [9.17, 15) is 4.79 Å². The fourth-order valence-corrected chi connectivity index (χ4v) is 1.97. The molecule has 100 valence electrons. The molecule has 0 aliphatic heterocycles. The molecule has 0 fully saturated rings. The number of aromatic nitrogens is 1. The summed E-state index contributed by atoms with van der Waals surface area (Å²) in [5.41, 5.74) is 1.70. The molecule has 0 unspecified atom stereocenters. The number of amides is 1. The second-order valence-corrected chi connectivity index (χ2v) is 4.70. The lowest BCUT2D eigenvalue weighted by atomic mass is 10.1. The van der Waals surface area contributed by atoms with Crippen LogP contribution in [0.15, 0.2) is 36.5 Å². The molecule has 1 heterocycles. The average Bonchev–Trinajstić information content (AvgIpc) is 2.48. The van der Waals surface area contributed by atoms with Gasteiger partial charge in [-0.1, -0.05) is 17.7 Å². The van der Waals surface area contributed by atoms with E-state index in [1.165, 1.54) is 11.1 Å². The highest BCUT2D eigenvalue weighted by molar-refractivity contribution is 6.32. The first-order chi connectivity index (χ1) is 9.54. The SMILES string of the molecule is Cc1c(Cl)cccc1C(=O)N(C)c1cc(C#N)ccn1. The average molecular weight is 286 g/mol. The van der Waals surface area contributed by atoms with Gasteiger partial charge in [0, 0.05) is 23.8 Å². The first-order valence-electron chi connectivity index (χ1n) is 5.94. The van der Waals surface area contributed by atoms with Gasteiger partial charge in [0.2, 0.25) is 0 Å². The maximum atomic E-state index is 12.5. The number of benzene rings is 1. The predicted octanol–water partition coefficient (Wildman–Crippen LogP) is 3.19. The van der Waals surface area contributed by atoms with E-state index in [4.69, 9.17) is 16.9 Å². The van der Waals surface area contributed by atoms with Crippen LogP contribution in [0.25, 0.3) is 0 Å². The first-order valence-corrected chi connectivity index (χ1v) is 6.31. The Hall–Kier alpha value is -2.38. The monoisotopic (exact) mass is 285 g/mol. The van der Waals surface area contributed by atoms with Gasteiger partial charge in [-0.2, -0.15) is 5.26 Å². The molecule has 0 saturated heterocycles. The van der Waals surface area contributed by atoms with Crippen LogP contribution in [0.4, 0.5) is 5.82 Å². The van der Waals surface area contributed by atoms with Crippen molar-refractivity contribution in [1.29, 1.82) is 5.26 Å². The third-order valence-corrected chi connectivity index (χ3v) is 3.43. The van der Waals surface area contributed by atoms with Gasteiger partial charge in [-0.15, -0.1) is 0 Å². The molecule has 2 rings (SSSR count). The number of hydrogen-bond acceptors (Lipinski definition) is 3. The molecule has 1 aromatic heterocycles. The van der Waals surface area contributed by atoms with E-state index < -0.39 is 0 Å². The number of carbonyl (C=O) groups excluding carboxylic acids is 1. The standard InChI is InChI=1S/C15H12ClN3O/c1-10-12(4-3-5-13(10)16)15(20)19(2)14-8-11(9-17)6-7-18-14/h3-8H,1-2H3. The smallest absolute Gasteiger partial charge is 0.259 e. The molecule has 0 radical (unpaired) electrons. The lowest BCUT2D eigenvalue weighted by molar-refractivity contribution is 0.0991. The van der Waals surface area contributed by atoms with Crippen molar-refractivity contribution in [1.82, 2.24) is 4.98 Å². The topological polar surface area (TPSA) is 57.0 Å². The fourth-order valence-electron chi connectivity index (χ4n) is 1.80. The van der Waals surface area contributed by atoms with Crippen LogP contribution in [-0.2, 0) is 0 Å². The van der Waals surface area contributed by atoms with Gasteiger partial charge in [0.15, 0.2) is 0 Å². The minimum atomic E-state index is -0.215. The summed E-state index contributed by atoms with van der Waals surface area (Å²) in [6.07, 6.45) is 1.50. The Balaban J connectivity index is 2.38. The quantitative estimate of drug-likeness (QED) is 0.851. The number of pyridine rings is 1. The number of rotatable bonds is 2. The molecule has 20 heavy (non-hydrogen) atoms. The van der Waals surface area contributed by atoms with Gasteiger partial charge in [0.1, 0.15) is 5.82 Å². The van der Waals surface area contributed by atoms with Crippen molar-refractivity contribution >= 4 is 23.3 Å². The minimum Gasteiger partial charge on any atom is -0.296 e. The Morgan fingerprint density at radius 1 is 1.40 bits per heavy atom. The highest BCUT2D eigenvalue weighted by Crippen LogP contribution is 2.21. The van der Waals surface area contributed by atoms with Crippen molar-refractivity contribution in [3.05, 3.63) is 58.2 Å².